The van der Waals surface area contributed by atoms with E-state index >= 15 is 0 Å². The molecule has 1 aromatic carbocycles. The van der Waals surface area contributed by atoms with Gasteiger partial charge in [0.05, 0.1) is 6.42 Å². The van der Waals surface area contributed by atoms with Gasteiger partial charge in [-0.25, -0.2) is 0 Å². The number of hydrogen-bond donors (Lipinski definition) is 1. The molecule has 1 fully saturated rings. The number of benzene rings is 1. The van der Waals surface area contributed by atoms with E-state index in [0.29, 0.717) is 12.5 Å². The number of likely N-dealkylation sites (tertiary alicyclic amines) is 1. The molecule has 19 heavy (non-hydrogen) atoms. The molecule has 0 aliphatic carbocycles. The third-order valence-corrected chi connectivity index (χ3v) is 4.11. The van der Waals surface area contributed by atoms with E-state index in [0.717, 1.165) is 25.1 Å². The predicted octanol–water partition coefficient (Wildman–Crippen LogP) is 2.06. The SMILES string of the molecule is CNC1CCCN(C(=O)Cc2ccc(C)c(C)c2)C1. The Labute approximate surface area is 116 Å². The normalized spacial score (nSPS) is 19.5. The quantitative estimate of drug-likeness (QED) is 0.902. The minimum absolute atomic E-state index is 0.253. The molecule has 0 radical (unpaired) electrons. The second-order valence-electron chi connectivity index (χ2n) is 5.56. The van der Waals surface area contributed by atoms with Gasteiger partial charge in [-0.1, -0.05) is 18.2 Å². The van der Waals surface area contributed by atoms with Crippen molar-refractivity contribution in [3.05, 3.63) is 34.9 Å². The van der Waals surface area contributed by atoms with Gasteiger partial charge in [0.2, 0.25) is 5.91 Å². The molecule has 1 amide bonds. The largest absolute Gasteiger partial charge is 0.341 e. The highest BCUT2D eigenvalue weighted by molar-refractivity contribution is 5.79. The molecule has 1 aliphatic rings. The molecule has 104 valence electrons. The van der Waals surface area contributed by atoms with Gasteiger partial charge in [-0.05, 0) is 50.4 Å². The zero-order valence-electron chi connectivity index (χ0n) is 12.2. The summed E-state index contributed by atoms with van der Waals surface area (Å²) in [6.07, 6.45) is 2.80. The number of hydrogen-bond acceptors (Lipinski definition) is 2. The fourth-order valence-corrected chi connectivity index (χ4v) is 2.64. The van der Waals surface area contributed by atoms with Crippen LogP contribution in [0.1, 0.15) is 29.5 Å². The van der Waals surface area contributed by atoms with Crippen molar-refractivity contribution in [1.29, 1.82) is 0 Å². The molecule has 0 spiro atoms. The van der Waals surface area contributed by atoms with Gasteiger partial charge in [0, 0.05) is 19.1 Å². The summed E-state index contributed by atoms with van der Waals surface area (Å²) in [5, 5.41) is 3.28. The smallest absolute Gasteiger partial charge is 0.227 e. The van der Waals surface area contributed by atoms with Crippen molar-refractivity contribution in [2.24, 2.45) is 0 Å². The Morgan fingerprint density at radius 3 is 2.84 bits per heavy atom. The summed E-state index contributed by atoms with van der Waals surface area (Å²) >= 11 is 0. The summed E-state index contributed by atoms with van der Waals surface area (Å²) in [6.45, 7) is 5.95. The van der Waals surface area contributed by atoms with Gasteiger partial charge in [0.25, 0.3) is 0 Å². The Morgan fingerprint density at radius 2 is 2.16 bits per heavy atom. The van der Waals surface area contributed by atoms with Crippen LogP contribution < -0.4 is 5.32 Å². The van der Waals surface area contributed by atoms with E-state index in [4.69, 9.17) is 0 Å². The summed E-state index contributed by atoms with van der Waals surface area (Å²) in [5.41, 5.74) is 3.67. The summed E-state index contributed by atoms with van der Waals surface area (Å²) in [5.74, 6) is 0.253. The predicted molar refractivity (Wildman–Crippen MR) is 78.3 cm³/mol. The third kappa shape index (κ3) is 3.57. The Hall–Kier alpha value is -1.35. The first-order valence-electron chi connectivity index (χ1n) is 7.11. The summed E-state index contributed by atoms with van der Waals surface area (Å²) in [6, 6.07) is 6.76. The molecule has 1 saturated heterocycles. The van der Waals surface area contributed by atoms with Crippen LogP contribution in [0.2, 0.25) is 0 Å². The van der Waals surface area contributed by atoms with Crippen LogP contribution in [0.5, 0.6) is 0 Å². The average molecular weight is 260 g/mol. The van der Waals surface area contributed by atoms with Crippen molar-refractivity contribution in [2.45, 2.75) is 39.2 Å². The van der Waals surface area contributed by atoms with Crippen LogP contribution in [0.15, 0.2) is 18.2 Å². The molecule has 3 nitrogen and oxygen atoms in total. The van der Waals surface area contributed by atoms with Crippen molar-refractivity contribution in [3.63, 3.8) is 0 Å². The van der Waals surface area contributed by atoms with E-state index in [1.54, 1.807) is 0 Å². The third-order valence-electron chi connectivity index (χ3n) is 4.11. The monoisotopic (exact) mass is 260 g/mol. The molecule has 2 rings (SSSR count). The molecule has 3 heteroatoms. The van der Waals surface area contributed by atoms with Gasteiger partial charge >= 0.3 is 0 Å². The number of piperidine rings is 1. The molecule has 1 atom stereocenters. The first-order chi connectivity index (χ1) is 9.10. The molecule has 1 unspecified atom stereocenters. The summed E-state index contributed by atoms with van der Waals surface area (Å²) in [4.78, 5) is 14.3. The molecule has 1 N–H and O–H groups in total. The number of rotatable bonds is 3. The van der Waals surface area contributed by atoms with Crippen LogP contribution in [-0.4, -0.2) is 37.0 Å². The van der Waals surface area contributed by atoms with Gasteiger partial charge in [-0.15, -0.1) is 0 Å². The van der Waals surface area contributed by atoms with E-state index in [2.05, 4.69) is 37.4 Å². The lowest BCUT2D eigenvalue weighted by atomic mass is 10.0. The molecule has 0 bridgehead atoms. The highest BCUT2D eigenvalue weighted by Crippen LogP contribution is 2.14. The maximum atomic E-state index is 12.3. The fourth-order valence-electron chi connectivity index (χ4n) is 2.64. The van der Waals surface area contributed by atoms with Crippen LogP contribution in [0.3, 0.4) is 0 Å². The standard InChI is InChI=1S/C16H24N2O/c1-12-6-7-14(9-13(12)2)10-16(19)18-8-4-5-15(11-18)17-3/h6-7,9,15,17H,4-5,8,10-11H2,1-3H3. The first-order valence-corrected chi connectivity index (χ1v) is 7.11. The second kappa shape index (κ2) is 6.20. The van der Waals surface area contributed by atoms with Crippen molar-refractivity contribution in [2.75, 3.05) is 20.1 Å². The van der Waals surface area contributed by atoms with Crippen molar-refractivity contribution in [3.8, 4) is 0 Å². The topological polar surface area (TPSA) is 32.3 Å². The van der Waals surface area contributed by atoms with Crippen LogP contribution in [0.25, 0.3) is 0 Å². The van der Waals surface area contributed by atoms with E-state index in [1.807, 2.05) is 11.9 Å². The fraction of sp³-hybridized carbons (Fsp3) is 0.562. The summed E-state index contributed by atoms with van der Waals surface area (Å²) in [7, 11) is 1.97. The number of nitrogens with zero attached hydrogens (tertiary/aromatic N) is 1. The Bertz CT molecular complexity index is 456. The van der Waals surface area contributed by atoms with Gasteiger partial charge in [0.1, 0.15) is 0 Å². The maximum absolute atomic E-state index is 12.3. The number of likely N-dealkylation sites (N-methyl/N-ethyl adjacent to an activating group) is 1. The van der Waals surface area contributed by atoms with Crippen LogP contribution >= 0.6 is 0 Å². The van der Waals surface area contributed by atoms with E-state index in [-0.39, 0.29) is 5.91 Å². The molecule has 1 heterocycles. The number of carbonyl (C=O) groups excluding carboxylic acids is 1. The molecule has 0 saturated carbocycles. The average Bonchev–Trinajstić information content (AvgIpc) is 2.43. The molecule has 1 aromatic rings. The van der Waals surface area contributed by atoms with Crippen LogP contribution in [-0.2, 0) is 11.2 Å². The minimum atomic E-state index is 0.253. The van der Waals surface area contributed by atoms with Crippen molar-refractivity contribution >= 4 is 5.91 Å². The number of carbonyl (C=O) groups is 1. The maximum Gasteiger partial charge on any atom is 0.227 e. The molecular formula is C16H24N2O. The first kappa shape index (κ1) is 14.1. The molecule has 0 aromatic heterocycles. The van der Waals surface area contributed by atoms with E-state index < -0.39 is 0 Å². The lowest BCUT2D eigenvalue weighted by molar-refractivity contribution is -0.131. The van der Waals surface area contributed by atoms with E-state index in [9.17, 15) is 4.79 Å². The van der Waals surface area contributed by atoms with E-state index in [1.165, 1.54) is 17.5 Å². The van der Waals surface area contributed by atoms with Gasteiger partial charge < -0.3 is 10.2 Å². The zero-order chi connectivity index (χ0) is 13.8. The number of amides is 1. The van der Waals surface area contributed by atoms with Gasteiger partial charge in [-0.2, -0.15) is 0 Å². The zero-order valence-corrected chi connectivity index (χ0v) is 12.2. The minimum Gasteiger partial charge on any atom is -0.341 e. The van der Waals surface area contributed by atoms with Gasteiger partial charge in [-0.3, -0.25) is 4.79 Å². The molecule has 1 aliphatic heterocycles. The Kier molecular flexibility index (Phi) is 4.59. The Balaban J connectivity index is 1.98. The highest BCUT2D eigenvalue weighted by atomic mass is 16.2. The van der Waals surface area contributed by atoms with Crippen molar-refractivity contribution < 1.29 is 4.79 Å². The Morgan fingerprint density at radius 1 is 1.37 bits per heavy atom. The van der Waals surface area contributed by atoms with Gasteiger partial charge in [0.15, 0.2) is 0 Å². The lowest BCUT2D eigenvalue weighted by Crippen LogP contribution is -2.47. The lowest BCUT2D eigenvalue weighted by Gasteiger charge is -2.32. The van der Waals surface area contributed by atoms with Crippen LogP contribution in [0.4, 0.5) is 0 Å². The number of nitrogens with one attached hydrogen (secondary N) is 1. The van der Waals surface area contributed by atoms with Crippen molar-refractivity contribution in [1.82, 2.24) is 10.2 Å². The number of aryl methyl sites for hydroxylation is 2. The molecular weight excluding hydrogens is 236 g/mol. The summed E-state index contributed by atoms with van der Waals surface area (Å²) < 4.78 is 0. The highest BCUT2D eigenvalue weighted by Gasteiger charge is 2.22. The van der Waals surface area contributed by atoms with Crippen LogP contribution in [0, 0.1) is 13.8 Å². The second-order valence-corrected chi connectivity index (χ2v) is 5.56.